The van der Waals surface area contributed by atoms with E-state index in [1.807, 2.05) is 30.3 Å². The minimum atomic E-state index is -3.12. The van der Waals surface area contributed by atoms with Crippen molar-refractivity contribution in [3.63, 3.8) is 0 Å². The smallest absolute Gasteiger partial charge is 0.260 e. The summed E-state index contributed by atoms with van der Waals surface area (Å²) in [6.45, 7) is 0.314. The molecular formula is C20H23NO6S. The number of benzene rings is 2. The lowest BCUT2D eigenvalue weighted by Crippen LogP contribution is -2.45. The van der Waals surface area contributed by atoms with Gasteiger partial charge in [0, 0.05) is 19.7 Å². The van der Waals surface area contributed by atoms with Gasteiger partial charge >= 0.3 is 0 Å². The van der Waals surface area contributed by atoms with E-state index in [1.165, 1.54) is 12.0 Å². The van der Waals surface area contributed by atoms with E-state index in [4.69, 9.17) is 9.47 Å². The summed E-state index contributed by atoms with van der Waals surface area (Å²) in [5, 5.41) is 1.65. The third-order valence-electron chi connectivity index (χ3n) is 4.91. The first-order valence-electron chi connectivity index (χ1n) is 9.04. The largest absolute Gasteiger partial charge is 0.483 e. The van der Waals surface area contributed by atoms with Crippen LogP contribution < -0.4 is 4.74 Å². The van der Waals surface area contributed by atoms with Gasteiger partial charge in [-0.2, -0.15) is 0 Å². The molecule has 0 N–H and O–H groups in total. The van der Waals surface area contributed by atoms with Gasteiger partial charge < -0.3 is 14.4 Å². The van der Waals surface area contributed by atoms with E-state index >= 15 is 0 Å². The van der Waals surface area contributed by atoms with Crippen LogP contribution in [-0.4, -0.2) is 69.9 Å². The predicted molar refractivity (Wildman–Crippen MR) is 105 cm³/mol. The minimum Gasteiger partial charge on any atom is -0.483 e. The molecule has 8 heteroatoms. The molecule has 1 heterocycles. The SMILES string of the molecule is COCCN(C(=O)COc1ccc2ccccc2c1C=O)[C@@H]1CCS(=O)(=O)C1. The van der Waals surface area contributed by atoms with Crippen LogP contribution in [0.4, 0.5) is 0 Å². The Morgan fingerprint density at radius 2 is 2.04 bits per heavy atom. The van der Waals surface area contributed by atoms with E-state index in [1.54, 1.807) is 6.07 Å². The van der Waals surface area contributed by atoms with Crippen molar-refractivity contribution in [2.75, 3.05) is 38.4 Å². The lowest BCUT2D eigenvalue weighted by Gasteiger charge is -2.28. The molecule has 1 aliphatic rings. The van der Waals surface area contributed by atoms with Crippen LogP contribution in [-0.2, 0) is 19.4 Å². The summed E-state index contributed by atoms with van der Waals surface area (Å²) in [4.78, 5) is 25.8. The fourth-order valence-corrected chi connectivity index (χ4v) is 5.20. The first kappa shape index (κ1) is 20.3. The second-order valence-electron chi connectivity index (χ2n) is 6.74. The van der Waals surface area contributed by atoms with Crippen LogP contribution in [0.5, 0.6) is 5.75 Å². The molecule has 28 heavy (non-hydrogen) atoms. The number of carbonyl (C=O) groups excluding carboxylic acids is 2. The number of sulfone groups is 1. The Labute approximate surface area is 164 Å². The summed E-state index contributed by atoms with van der Waals surface area (Å²) in [5.41, 5.74) is 0.387. The maximum absolute atomic E-state index is 12.7. The fraction of sp³-hybridized carbons (Fsp3) is 0.400. The topological polar surface area (TPSA) is 90.0 Å². The molecule has 0 spiro atoms. The zero-order chi connectivity index (χ0) is 20.1. The van der Waals surface area contributed by atoms with Gasteiger partial charge in [0.25, 0.3) is 5.91 Å². The molecule has 0 radical (unpaired) electrons. The van der Waals surface area contributed by atoms with E-state index in [-0.39, 0.29) is 36.6 Å². The average molecular weight is 405 g/mol. The van der Waals surface area contributed by atoms with Crippen molar-refractivity contribution in [3.8, 4) is 5.75 Å². The first-order valence-corrected chi connectivity index (χ1v) is 10.9. The Morgan fingerprint density at radius 3 is 2.71 bits per heavy atom. The minimum absolute atomic E-state index is 0.0436. The van der Waals surface area contributed by atoms with E-state index in [0.717, 1.165) is 10.8 Å². The Bertz CT molecular complexity index is 972. The van der Waals surface area contributed by atoms with E-state index in [0.29, 0.717) is 30.6 Å². The maximum atomic E-state index is 12.7. The van der Waals surface area contributed by atoms with Crippen LogP contribution in [0.15, 0.2) is 36.4 Å². The molecule has 0 aromatic heterocycles. The molecule has 3 rings (SSSR count). The van der Waals surface area contributed by atoms with Crippen molar-refractivity contribution in [1.82, 2.24) is 4.90 Å². The van der Waals surface area contributed by atoms with Crippen LogP contribution in [0.3, 0.4) is 0 Å². The summed E-state index contributed by atoms with van der Waals surface area (Å²) in [6.07, 6.45) is 1.13. The van der Waals surface area contributed by atoms with Crippen molar-refractivity contribution in [2.45, 2.75) is 12.5 Å². The molecular weight excluding hydrogens is 382 g/mol. The van der Waals surface area contributed by atoms with Gasteiger partial charge in [-0.15, -0.1) is 0 Å². The molecule has 0 saturated carbocycles. The van der Waals surface area contributed by atoms with Crippen molar-refractivity contribution < 1.29 is 27.5 Å². The molecule has 7 nitrogen and oxygen atoms in total. The molecule has 1 aliphatic heterocycles. The molecule has 1 fully saturated rings. The monoisotopic (exact) mass is 405 g/mol. The molecule has 2 aromatic carbocycles. The number of ether oxygens (including phenoxy) is 2. The number of fused-ring (bicyclic) bond motifs is 1. The van der Waals surface area contributed by atoms with E-state index < -0.39 is 9.84 Å². The van der Waals surface area contributed by atoms with Crippen LogP contribution in [0.25, 0.3) is 10.8 Å². The van der Waals surface area contributed by atoms with Crippen molar-refractivity contribution in [2.24, 2.45) is 0 Å². The molecule has 150 valence electrons. The predicted octanol–water partition coefficient (Wildman–Crippen LogP) is 1.69. The third-order valence-corrected chi connectivity index (χ3v) is 6.66. The van der Waals surface area contributed by atoms with E-state index in [2.05, 4.69) is 0 Å². The number of methoxy groups -OCH3 is 1. The zero-order valence-electron chi connectivity index (χ0n) is 15.7. The Hall–Kier alpha value is -2.45. The average Bonchev–Trinajstić information content (AvgIpc) is 3.05. The summed E-state index contributed by atoms with van der Waals surface area (Å²) in [6, 6.07) is 10.5. The van der Waals surface area contributed by atoms with Crippen molar-refractivity contribution in [3.05, 3.63) is 42.0 Å². The molecule has 1 amide bonds. The van der Waals surface area contributed by atoms with Gasteiger partial charge in [-0.25, -0.2) is 8.42 Å². The lowest BCUT2D eigenvalue weighted by atomic mass is 10.0. The number of amides is 1. The normalized spacial score (nSPS) is 18.1. The Morgan fingerprint density at radius 1 is 1.25 bits per heavy atom. The van der Waals surface area contributed by atoms with Crippen LogP contribution in [0.2, 0.25) is 0 Å². The summed E-state index contributed by atoms with van der Waals surface area (Å²) in [5.74, 6) is 0.0322. The highest BCUT2D eigenvalue weighted by Gasteiger charge is 2.34. The van der Waals surface area contributed by atoms with Crippen LogP contribution >= 0.6 is 0 Å². The second-order valence-corrected chi connectivity index (χ2v) is 8.97. The molecule has 1 atom stereocenters. The zero-order valence-corrected chi connectivity index (χ0v) is 16.5. The number of nitrogens with zero attached hydrogens (tertiary/aromatic N) is 1. The summed E-state index contributed by atoms with van der Waals surface area (Å²) < 4.78 is 34.3. The number of aldehydes is 1. The van der Waals surface area contributed by atoms with Gasteiger partial charge in [0.1, 0.15) is 5.75 Å². The molecule has 1 saturated heterocycles. The van der Waals surface area contributed by atoms with Crippen LogP contribution in [0, 0.1) is 0 Å². The standard InChI is InChI=1S/C20H23NO6S/c1-26-10-9-21(16-8-11-28(24,25)14-16)20(23)13-27-19-7-6-15-4-2-3-5-17(15)18(19)12-22/h2-7,12,16H,8-11,13-14H2,1H3/t16-/m1/s1. The van der Waals surface area contributed by atoms with Crippen molar-refractivity contribution in [1.29, 1.82) is 0 Å². The maximum Gasteiger partial charge on any atom is 0.260 e. The summed E-state index contributed by atoms with van der Waals surface area (Å²) >= 11 is 0. The van der Waals surface area contributed by atoms with Gasteiger partial charge in [0.15, 0.2) is 22.7 Å². The molecule has 0 bridgehead atoms. The van der Waals surface area contributed by atoms with Gasteiger partial charge in [-0.1, -0.05) is 30.3 Å². The molecule has 0 aliphatic carbocycles. The van der Waals surface area contributed by atoms with Gasteiger partial charge in [0.05, 0.1) is 23.7 Å². The quantitative estimate of drug-likeness (QED) is 0.621. The third kappa shape index (κ3) is 4.51. The molecule has 2 aromatic rings. The van der Waals surface area contributed by atoms with Crippen LogP contribution in [0.1, 0.15) is 16.8 Å². The first-order chi connectivity index (χ1) is 13.4. The number of hydrogen-bond acceptors (Lipinski definition) is 6. The number of carbonyl (C=O) groups is 2. The van der Waals surface area contributed by atoms with Gasteiger partial charge in [-0.3, -0.25) is 9.59 Å². The second kappa shape index (κ2) is 8.70. The summed E-state index contributed by atoms with van der Waals surface area (Å²) in [7, 11) is -1.60. The molecule has 0 unspecified atom stereocenters. The highest BCUT2D eigenvalue weighted by molar-refractivity contribution is 7.91. The lowest BCUT2D eigenvalue weighted by molar-refractivity contribution is -0.136. The van der Waals surface area contributed by atoms with Crippen molar-refractivity contribution >= 4 is 32.8 Å². The number of rotatable bonds is 8. The van der Waals surface area contributed by atoms with E-state index in [9.17, 15) is 18.0 Å². The Kier molecular flexibility index (Phi) is 6.31. The highest BCUT2D eigenvalue weighted by atomic mass is 32.2. The fourth-order valence-electron chi connectivity index (χ4n) is 3.47. The Balaban J connectivity index is 1.75. The highest BCUT2D eigenvalue weighted by Crippen LogP contribution is 2.27. The van der Waals surface area contributed by atoms with Gasteiger partial charge in [-0.05, 0) is 23.3 Å². The number of hydrogen-bond donors (Lipinski definition) is 0. The van der Waals surface area contributed by atoms with Gasteiger partial charge in [0.2, 0.25) is 0 Å².